The molecule has 1 fully saturated rings. The predicted molar refractivity (Wildman–Crippen MR) is 87.9 cm³/mol. The largest absolute Gasteiger partial charge is 0.466 e. The Hall–Kier alpha value is -2.83. The van der Waals surface area contributed by atoms with E-state index >= 15 is 0 Å². The van der Waals surface area contributed by atoms with Gasteiger partial charge in [0.1, 0.15) is 0 Å². The second-order valence-corrected chi connectivity index (χ2v) is 5.66. The van der Waals surface area contributed by atoms with E-state index in [1.165, 1.54) is 0 Å². The van der Waals surface area contributed by atoms with Crippen molar-refractivity contribution < 1.29 is 14.3 Å². The van der Waals surface area contributed by atoms with Gasteiger partial charge >= 0.3 is 0 Å². The summed E-state index contributed by atoms with van der Waals surface area (Å²) in [4.78, 5) is 23.2. The van der Waals surface area contributed by atoms with Crippen LogP contribution in [0.5, 0.6) is 5.88 Å². The van der Waals surface area contributed by atoms with Crippen LogP contribution in [-0.2, 0) is 9.59 Å². The van der Waals surface area contributed by atoms with Gasteiger partial charge in [0.15, 0.2) is 6.61 Å². The van der Waals surface area contributed by atoms with Crippen molar-refractivity contribution in [1.82, 2.24) is 20.4 Å². The fourth-order valence-electron chi connectivity index (χ4n) is 2.14. The molecule has 1 aliphatic carbocycles. The summed E-state index contributed by atoms with van der Waals surface area (Å²) in [5.41, 5.74) is 0.915. The van der Waals surface area contributed by atoms with E-state index in [1.54, 1.807) is 16.9 Å². The van der Waals surface area contributed by atoms with Gasteiger partial charge in [0.25, 0.3) is 5.91 Å². The molecule has 0 atom stereocenters. The van der Waals surface area contributed by atoms with Crippen LogP contribution in [0, 0.1) is 0 Å². The molecule has 0 saturated heterocycles. The molecule has 0 unspecified atom stereocenters. The van der Waals surface area contributed by atoms with E-state index in [0.29, 0.717) is 18.5 Å². The minimum absolute atomic E-state index is 0.0275. The van der Waals surface area contributed by atoms with Crippen LogP contribution >= 0.6 is 0 Å². The van der Waals surface area contributed by atoms with Gasteiger partial charge in [-0.25, -0.2) is 4.68 Å². The predicted octanol–water partition coefficient (Wildman–Crippen LogP) is 1.04. The third-order valence-corrected chi connectivity index (χ3v) is 3.55. The highest BCUT2D eigenvalue weighted by atomic mass is 16.5. The molecule has 126 valence electrons. The highest BCUT2D eigenvalue weighted by Gasteiger charge is 2.22. The Morgan fingerprint density at radius 1 is 1.17 bits per heavy atom. The molecule has 24 heavy (non-hydrogen) atoms. The molecule has 0 spiro atoms. The summed E-state index contributed by atoms with van der Waals surface area (Å²) < 4.78 is 7.03. The van der Waals surface area contributed by atoms with Gasteiger partial charge in [0, 0.05) is 31.3 Å². The van der Waals surface area contributed by atoms with E-state index in [2.05, 4.69) is 15.7 Å². The van der Waals surface area contributed by atoms with Crippen molar-refractivity contribution in [2.75, 3.05) is 13.2 Å². The van der Waals surface area contributed by atoms with E-state index < -0.39 is 0 Å². The minimum Gasteiger partial charge on any atom is -0.466 e. The van der Waals surface area contributed by atoms with Gasteiger partial charge in [-0.2, -0.15) is 0 Å². The van der Waals surface area contributed by atoms with Gasteiger partial charge in [-0.1, -0.05) is 18.2 Å². The number of carbonyl (C=O) groups excluding carboxylic acids is 2. The molecule has 1 heterocycles. The summed E-state index contributed by atoms with van der Waals surface area (Å²) in [5, 5.41) is 9.78. The molecule has 2 amide bonds. The zero-order chi connectivity index (χ0) is 16.8. The Bertz CT molecular complexity index is 695. The van der Waals surface area contributed by atoms with Crippen LogP contribution < -0.4 is 15.4 Å². The number of amides is 2. The Morgan fingerprint density at radius 2 is 1.96 bits per heavy atom. The lowest BCUT2D eigenvalue weighted by Crippen LogP contribution is -2.34. The third kappa shape index (κ3) is 4.84. The highest BCUT2D eigenvalue weighted by Crippen LogP contribution is 2.18. The normalized spacial score (nSPS) is 13.3. The Labute approximate surface area is 140 Å². The highest BCUT2D eigenvalue weighted by molar-refractivity contribution is 5.80. The monoisotopic (exact) mass is 328 g/mol. The summed E-state index contributed by atoms with van der Waals surface area (Å²) in [6.45, 7) is 0.176. The quantitative estimate of drug-likeness (QED) is 0.758. The second-order valence-electron chi connectivity index (χ2n) is 5.66. The number of hydrogen-bond donors (Lipinski definition) is 2. The maximum atomic E-state index is 11.7. The average Bonchev–Trinajstić information content (AvgIpc) is 3.27. The molecule has 7 nitrogen and oxygen atoms in total. The van der Waals surface area contributed by atoms with E-state index in [0.717, 1.165) is 18.5 Å². The number of rotatable bonds is 8. The molecule has 1 saturated carbocycles. The molecule has 1 aliphatic rings. The number of aromatic nitrogens is 2. The van der Waals surface area contributed by atoms with Gasteiger partial charge in [-0.15, -0.1) is 5.10 Å². The molecule has 1 aromatic heterocycles. The number of para-hydroxylation sites is 1. The first-order valence-electron chi connectivity index (χ1n) is 8.00. The summed E-state index contributed by atoms with van der Waals surface area (Å²) in [7, 11) is 0. The van der Waals surface area contributed by atoms with Crippen molar-refractivity contribution in [2.24, 2.45) is 0 Å². The lowest BCUT2D eigenvalue weighted by molar-refractivity contribution is -0.123. The van der Waals surface area contributed by atoms with Gasteiger partial charge in [0.05, 0.1) is 5.69 Å². The topological polar surface area (TPSA) is 85.2 Å². The van der Waals surface area contributed by atoms with Crippen LogP contribution in [0.4, 0.5) is 0 Å². The van der Waals surface area contributed by atoms with Crippen molar-refractivity contribution in [3.05, 3.63) is 42.6 Å². The van der Waals surface area contributed by atoms with E-state index in [9.17, 15) is 9.59 Å². The molecular weight excluding hydrogens is 308 g/mol. The first-order chi connectivity index (χ1) is 11.7. The molecule has 2 aromatic rings. The maximum Gasteiger partial charge on any atom is 0.258 e. The molecule has 0 radical (unpaired) electrons. The summed E-state index contributed by atoms with van der Waals surface area (Å²) in [6.07, 6.45) is 4.17. The number of ether oxygens (including phenoxy) is 1. The second kappa shape index (κ2) is 7.63. The summed E-state index contributed by atoms with van der Waals surface area (Å²) in [5.74, 6) is 0.0734. The van der Waals surface area contributed by atoms with Gasteiger partial charge in [-0.3, -0.25) is 9.59 Å². The molecule has 0 bridgehead atoms. The average molecular weight is 328 g/mol. The fourth-order valence-corrected chi connectivity index (χ4v) is 2.14. The van der Waals surface area contributed by atoms with Crippen LogP contribution in [0.2, 0.25) is 0 Å². The summed E-state index contributed by atoms with van der Waals surface area (Å²) in [6, 6.07) is 11.7. The van der Waals surface area contributed by atoms with Crippen LogP contribution in [0.15, 0.2) is 42.6 Å². The molecule has 3 rings (SSSR count). The zero-order valence-electron chi connectivity index (χ0n) is 13.3. The van der Waals surface area contributed by atoms with E-state index in [4.69, 9.17) is 4.74 Å². The van der Waals surface area contributed by atoms with E-state index in [1.807, 2.05) is 30.3 Å². The van der Waals surface area contributed by atoms with Crippen molar-refractivity contribution in [3.8, 4) is 11.6 Å². The third-order valence-electron chi connectivity index (χ3n) is 3.55. The lowest BCUT2D eigenvalue weighted by Gasteiger charge is -2.06. The van der Waals surface area contributed by atoms with Gasteiger partial charge in [0.2, 0.25) is 11.8 Å². The molecule has 7 heteroatoms. The van der Waals surface area contributed by atoms with Crippen molar-refractivity contribution >= 4 is 11.8 Å². The van der Waals surface area contributed by atoms with E-state index in [-0.39, 0.29) is 24.8 Å². The maximum absolute atomic E-state index is 11.7. The molecule has 0 aliphatic heterocycles. The zero-order valence-corrected chi connectivity index (χ0v) is 13.3. The van der Waals surface area contributed by atoms with Crippen LogP contribution in [-0.4, -0.2) is 40.8 Å². The Morgan fingerprint density at radius 3 is 2.71 bits per heavy atom. The lowest BCUT2D eigenvalue weighted by atomic mass is 10.3. The Kier molecular flexibility index (Phi) is 5.10. The standard InChI is InChI=1S/C17H20N4O3/c22-15(19-13-6-7-13)8-10-18-16(23)12-24-17-9-11-21(20-17)14-4-2-1-3-5-14/h1-5,9,11,13H,6-8,10,12H2,(H,18,23)(H,19,22). The Balaban J connectivity index is 1.37. The van der Waals surface area contributed by atoms with Gasteiger partial charge in [-0.05, 0) is 25.0 Å². The van der Waals surface area contributed by atoms with Crippen LogP contribution in [0.25, 0.3) is 5.69 Å². The van der Waals surface area contributed by atoms with Crippen molar-refractivity contribution in [1.29, 1.82) is 0 Å². The summed E-state index contributed by atoms with van der Waals surface area (Å²) >= 11 is 0. The molecule has 1 aromatic carbocycles. The van der Waals surface area contributed by atoms with Crippen LogP contribution in [0.1, 0.15) is 19.3 Å². The number of benzene rings is 1. The molecule has 2 N–H and O–H groups in total. The number of hydrogen-bond acceptors (Lipinski definition) is 4. The van der Waals surface area contributed by atoms with Crippen LogP contribution in [0.3, 0.4) is 0 Å². The number of carbonyl (C=O) groups is 2. The first-order valence-corrected chi connectivity index (χ1v) is 8.00. The van der Waals surface area contributed by atoms with Gasteiger partial charge < -0.3 is 15.4 Å². The SMILES string of the molecule is O=C(COc1ccn(-c2ccccc2)n1)NCCC(=O)NC1CC1. The van der Waals surface area contributed by atoms with Crippen molar-refractivity contribution in [2.45, 2.75) is 25.3 Å². The van der Waals surface area contributed by atoms with Crippen molar-refractivity contribution in [3.63, 3.8) is 0 Å². The molecular formula is C17H20N4O3. The first kappa shape index (κ1) is 16.0. The number of nitrogens with zero attached hydrogens (tertiary/aromatic N) is 2. The number of nitrogens with one attached hydrogen (secondary N) is 2. The minimum atomic E-state index is -0.275. The fraction of sp³-hybridized carbons (Fsp3) is 0.353. The smallest absolute Gasteiger partial charge is 0.258 e.